The molecule has 1 rings (SSSR count). The van der Waals surface area contributed by atoms with Gasteiger partial charge in [-0.15, -0.1) is 11.3 Å². The van der Waals surface area contributed by atoms with Crippen LogP contribution in [0.4, 0.5) is 0 Å². The van der Waals surface area contributed by atoms with Crippen LogP contribution in [-0.4, -0.2) is 24.7 Å². The zero-order valence-electron chi connectivity index (χ0n) is 8.28. The van der Waals surface area contributed by atoms with E-state index in [9.17, 15) is 4.79 Å². The molecule has 0 aliphatic carbocycles. The third-order valence-corrected chi connectivity index (χ3v) is 2.37. The molecule has 0 fully saturated rings. The Morgan fingerprint density at radius 3 is 3.07 bits per heavy atom. The Hall–Kier alpha value is -0.940. The SMILES string of the molecule is CCOC(=O)Cc1csc(COC)n1. The molecule has 0 saturated carbocycles. The van der Waals surface area contributed by atoms with Crippen LogP contribution in [0.15, 0.2) is 5.38 Å². The van der Waals surface area contributed by atoms with Crippen LogP contribution >= 0.6 is 11.3 Å². The van der Waals surface area contributed by atoms with E-state index in [1.54, 1.807) is 14.0 Å². The molecule has 1 aromatic heterocycles. The average molecular weight is 215 g/mol. The first-order valence-corrected chi connectivity index (χ1v) is 5.22. The van der Waals surface area contributed by atoms with Gasteiger partial charge in [-0.05, 0) is 6.92 Å². The zero-order chi connectivity index (χ0) is 10.4. The number of thiazole rings is 1. The lowest BCUT2D eigenvalue weighted by Crippen LogP contribution is -2.07. The molecule has 0 radical (unpaired) electrons. The molecule has 14 heavy (non-hydrogen) atoms. The first kappa shape index (κ1) is 11.1. The number of carbonyl (C=O) groups excluding carboxylic acids is 1. The normalized spacial score (nSPS) is 10.1. The molecule has 0 N–H and O–H groups in total. The van der Waals surface area contributed by atoms with Crippen LogP contribution < -0.4 is 0 Å². The third-order valence-electron chi connectivity index (χ3n) is 1.50. The molecular weight excluding hydrogens is 202 g/mol. The summed E-state index contributed by atoms with van der Waals surface area (Å²) >= 11 is 1.49. The van der Waals surface area contributed by atoms with Gasteiger partial charge in [0.1, 0.15) is 5.01 Å². The number of ether oxygens (including phenoxy) is 2. The molecule has 4 nitrogen and oxygen atoms in total. The molecular formula is C9H13NO3S. The highest BCUT2D eigenvalue weighted by atomic mass is 32.1. The Bertz CT molecular complexity index is 298. The van der Waals surface area contributed by atoms with Crippen molar-refractivity contribution in [3.05, 3.63) is 16.1 Å². The summed E-state index contributed by atoms with van der Waals surface area (Å²) < 4.78 is 9.73. The average Bonchev–Trinajstić information content (AvgIpc) is 2.53. The van der Waals surface area contributed by atoms with Gasteiger partial charge < -0.3 is 9.47 Å². The molecule has 0 spiro atoms. The van der Waals surface area contributed by atoms with Crippen LogP contribution in [0.25, 0.3) is 0 Å². The zero-order valence-corrected chi connectivity index (χ0v) is 9.10. The van der Waals surface area contributed by atoms with Gasteiger partial charge in [0.25, 0.3) is 0 Å². The number of hydrogen-bond acceptors (Lipinski definition) is 5. The highest BCUT2D eigenvalue weighted by Crippen LogP contribution is 2.11. The highest BCUT2D eigenvalue weighted by Gasteiger charge is 2.07. The molecule has 1 aromatic rings. The number of hydrogen-bond donors (Lipinski definition) is 0. The predicted molar refractivity (Wildman–Crippen MR) is 53.2 cm³/mol. The molecule has 5 heteroatoms. The van der Waals surface area contributed by atoms with Crippen LogP contribution in [0.3, 0.4) is 0 Å². The minimum atomic E-state index is -0.234. The summed E-state index contributed by atoms with van der Waals surface area (Å²) in [5, 5.41) is 2.73. The van der Waals surface area contributed by atoms with Crippen LogP contribution in [0.1, 0.15) is 17.6 Å². The molecule has 0 atom stereocenters. The second kappa shape index (κ2) is 5.72. The summed E-state index contributed by atoms with van der Waals surface area (Å²) in [6.07, 6.45) is 0.244. The van der Waals surface area contributed by atoms with Crippen molar-refractivity contribution >= 4 is 17.3 Å². The summed E-state index contributed by atoms with van der Waals surface area (Å²) in [5.41, 5.74) is 0.750. The van der Waals surface area contributed by atoms with Gasteiger partial charge in [-0.1, -0.05) is 0 Å². The van der Waals surface area contributed by atoms with Crippen molar-refractivity contribution in [2.75, 3.05) is 13.7 Å². The number of rotatable bonds is 5. The van der Waals surface area contributed by atoms with E-state index in [-0.39, 0.29) is 12.4 Å². The molecule has 0 amide bonds. The largest absolute Gasteiger partial charge is 0.466 e. The standard InChI is InChI=1S/C9H13NO3S/c1-3-13-9(11)4-7-6-14-8(10-7)5-12-2/h6H,3-5H2,1-2H3. The maximum Gasteiger partial charge on any atom is 0.311 e. The van der Waals surface area contributed by atoms with Crippen molar-refractivity contribution in [2.45, 2.75) is 20.0 Å². The third kappa shape index (κ3) is 3.43. The molecule has 0 aliphatic heterocycles. The second-order valence-corrected chi connectivity index (χ2v) is 3.59. The smallest absolute Gasteiger partial charge is 0.311 e. The second-order valence-electron chi connectivity index (χ2n) is 2.65. The van der Waals surface area contributed by atoms with E-state index in [1.165, 1.54) is 11.3 Å². The molecule has 1 heterocycles. The molecule has 0 saturated heterocycles. The van der Waals surface area contributed by atoms with E-state index in [4.69, 9.17) is 9.47 Å². The van der Waals surface area contributed by atoms with E-state index in [0.717, 1.165) is 10.7 Å². The number of methoxy groups -OCH3 is 1. The maximum atomic E-state index is 11.1. The molecule has 0 aliphatic rings. The molecule has 0 bridgehead atoms. The molecule has 78 valence electrons. The minimum Gasteiger partial charge on any atom is -0.466 e. The Balaban J connectivity index is 2.46. The van der Waals surface area contributed by atoms with Gasteiger partial charge >= 0.3 is 5.97 Å². The van der Waals surface area contributed by atoms with Gasteiger partial charge in [0, 0.05) is 12.5 Å². The van der Waals surface area contributed by atoms with E-state index in [0.29, 0.717) is 13.2 Å². The summed E-state index contributed by atoms with van der Waals surface area (Å²) in [5.74, 6) is -0.234. The van der Waals surface area contributed by atoms with E-state index >= 15 is 0 Å². The molecule has 0 aromatic carbocycles. The van der Waals surface area contributed by atoms with Crippen molar-refractivity contribution in [1.29, 1.82) is 0 Å². The van der Waals surface area contributed by atoms with Crippen molar-refractivity contribution in [3.63, 3.8) is 0 Å². The van der Waals surface area contributed by atoms with Crippen molar-refractivity contribution in [2.24, 2.45) is 0 Å². The monoisotopic (exact) mass is 215 g/mol. The number of aromatic nitrogens is 1. The van der Waals surface area contributed by atoms with Gasteiger partial charge in [0.05, 0.1) is 25.3 Å². The predicted octanol–water partition coefficient (Wildman–Crippen LogP) is 1.40. The van der Waals surface area contributed by atoms with Gasteiger partial charge in [0.2, 0.25) is 0 Å². The van der Waals surface area contributed by atoms with Crippen LogP contribution in [-0.2, 0) is 27.3 Å². The summed E-state index contributed by atoms with van der Waals surface area (Å²) in [4.78, 5) is 15.3. The van der Waals surface area contributed by atoms with Gasteiger partial charge in [0.15, 0.2) is 0 Å². The fourth-order valence-corrected chi connectivity index (χ4v) is 1.74. The van der Waals surface area contributed by atoms with Crippen LogP contribution in [0.5, 0.6) is 0 Å². The Morgan fingerprint density at radius 2 is 2.43 bits per heavy atom. The van der Waals surface area contributed by atoms with Crippen molar-refractivity contribution in [1.82, 2.24) is 4.98 Å². The van der Waals surface area contributed by atoms with Gasteiger partial charge in [-0.25, -0.2) is 4.98 Å². The summed E-state index contributed by atoms with van der Waals surface area (Å²) in [7, 11) is 1.62. The van der Waals surface area contributed by atoms with E-state index in [1.807, 2.05) is 5.38 Å². The highest BCUT2D eigenvalue weighted by molar-refractivity contribution is 7.09. The van der Waals surface area contributed by atoms with Crippen LogP contribution in [0.2, 0.25) is 0 Å². The lowest BCUT2D eigenvalue weighted by atomic mass is 10.3. The number of carbonyl (C=O) groups is 1. The fraction of sp³-hybridized carbons (Fsp3) is 0.556. The Morgan fingerprint density at radius 1 is 1.64 bits per heavy atom. The first-order valence-electron chi connectivity index (χ1n) is 4.34. The summed E-state index contributed by atoms with van der Waals surface area (Å²) in [6, 6.07) is 0. The summed E-state index contributed by atoms with van der Waals surface area (Å²) in [6.45, 7) is 2.69. The van der Waals surface area contributed by atoms with Crippen LogP contribution in [0, 0.1) is 0 Å². The first-order chi connectivity index (χ1) is 6.76. The minimum absolute atomic E-state index is 0.234. The van der Waals surface area contributed by atoms with Gasteiger partial charge in [-0.3, -0.25) is 4.79 Å². The van der Waals surface area contributed by atoms with E-state index in [2.05, 4.69) is 4.98 Å². The Labute approximate surface area is 86.9 Å². The topological polar surface area (TPSA) is 48.4 Å². The number of nitrogens with zero attached hydrogens (tertiary/aromatic N) is 1. The number of esters is 1. The Kier molecular flexibility index (Phi) is 4.55. The quantitative estimate of drug-likeness (QED) is 0.696. The molecule has 0 unspecified atom stereocenters. The van der Waals surface area contributed by atoms with Crippen molar-refractivity contribution in [3.8, 4) is 0 Å². The van der Waals surface area contributed by atoms with E-state index < -0.39 is 0 Å². The van der Waals surface area contributed by atoms with Crippen molar-refractivity contribution < 1.29 is 14.3 Å². The lowest BCUT2D eigenvalue weighted by molar-refractivity contribution is -0.142. The van der Waals surface area contributed by atoms with Gasteiger partial charge in [-0.2, -0.15) is 0 Å². The fourth-order valence-electron chi connectivity index (χ4n) is 0.980. The lowest BCUT2D eigenvalue weighted by Gasteiger charge is -1.97. The maximum absolute atomic E-state index is 11.1.